The Hall–Kier alpha value is -1.24. The van der Waals surface area contributed by atoms with E-state index in [9.17, 15) is 0 Å². The highest BCUT2D eigenvalue weighted by Gasteiger charge is 2.57. The third-order valence-electron chi connectivity index (χ3n) is 8.36. The molecule has 4 aliphatic rings. The summed E-state index contributed by atoms with van der Waals surface area (Å²) in [6.07, 6.45) is 15.3. The molecule has 0 spiro atoms. The SMILES string of the molecule is C=C1C=C2C=CC3C(CC[C@@]4(C)C3CC[C@@H]4COC(=C)C)[C@@]2(C)CC1. The van der Waals surface area contributed by atoms with Crippen molar-refractivity contribution < 1.29 is 4.74 Å². The minimum Gasteiger partial charge on any atom is -0.499 e. The van der Waals surface area contributed by atoms with Gasteiger partial charge in [0.15, 0.2) is 0 Å². The van der Waals surface area contributed by atoms with Crippen LogP contribution in [0.25, 0.3) is 0 Å². The fourth-order valence-electron chi connectivity index (χ4n) is 6.71. The van der Waals surface area contributed by atoms with Crippen LogP contribution in [0.1, 0.15) is 59.3 Å². The molecular formula is C24H34O. The van der Waals surface area contributed by atoms with Crippen LogP contribution >= 0.6 is 0 Å². The highest BCUT2D eigenvalue weighted by atomic mass is 16.5. The minimum atomic E-state index is 0.369. The summed E-state index contributed by atoms with van der Waals surface area (Å²) in [6.45, 7) is 16.1. The van der Waals surface area contributed by atoms with Crippen LogP contribution in [0, 0.1) is 34.5 Å². The first-order chi connectivity index (χ1) is 11.8. The Morgan fingerprint density at radius 3 is 2.76 bits per heavy atom. The van der Waals surface area contributed by atoms with Gasteiger partial charge >= 0.3 is 0 Å². The average molecular weight is 339 g/mol. The molecule has 4 rings (SSSR count). The van der Waals surface area contributed by atoms with Crippen LogP contribution in [0.15, 0.2) is 48.3 Å². The summed E-state index contributed by atoms with van der Waals surface area (Å²) in [5.41, 5.74) is 3.67. The fourth-order valence-corrected chi connectivity index (χ4v) is 6.71. The van der Waals surface area contributed by atoms with Gasteiger partial charge in [0.1, 0.15) is 0 Å². The second-order valence-corrected chi connectivity index (χ2v) is 9.66. The molecule has 25 heavy (non-hydrogen) atoms. The molecule has 0 aromatic carbocycles. The zero-order valence-electron chi connectivity index (χ0n) is 16.3. The molecule has 0 N–H and O–H groups in total. The lowest BCUT2D eigenvalue weighted by atomic mass is 9.48. The topological polar surface area (TPSA) is 9.23 Å². The smallest absolute Gasteiger partial charge is 0.0910 e. The van der Waals surface area contributed by atoms with Gasteiger partial charge in [0.05, 0.1) is 12.4 Å². The number of hydrogen-bond acceptors (Lipinski definition) is 1. The van der Waals surface area contributed by atoms with Gasteiger partial charge in [-0.2, -0.15) is 0 Å². The van der Waals surface area contributed by atoms with Gasteiger partial charge in [0.2, 0.25) is 0 Å². The van der Waals surface area contributed by atoms with E-state index in [0.717, 1.165) is 30.1 Å². The molecule has 0 aromatic heterocycles. The summed E-state index contributed by atoms with van der Waals surface area (Å²) in [6, 6.07) is 0. The number of rotatable bonds is 3. The minimum absolute atomic E-state index is 0.369. The summed E-state index contributed by atoms with van der Waals surface area (Å²) in [4.78, 5) is 0. The largest absolute Gasteiger partial charge is 0.499 e. The third-order valence-corrected chi connectivity index (χ3v) is 8.36. The normalized spacial score (nSPS) is 45.2. The fraction of sp³-hybridized carbons (Fsp3) is 0.667. The molecule has 2 saturated carbocycles. The average Bonchev–Trinajstić information content (AvgIpc) is 2.90. The Kier molecular flexibility index (Phi) is 4.05. The zero-order valence-corrected chi connectivity index (χ0v) is 16.3. The van der Waals surface area contributed by atoms with E-state index in [1.165, 1.54) is 44.1 Å². The van der Waals surface area contributed by atoms with Gasteiger partial charge in [-0.3, -0.25) is 0 Å². The van der Waals surface area contributed by atoms with Gasteiger partial charge < -0.3 is 4.74 Å². The van der Waals surface area contributed by atoms with E-state index in [0.29, 0.717) is 16.7 Å². The second-order valence-electron chi connectivity index (χ2n) is 9.66. The number of allylic oxidation sites excluding steroid dienone is 6. The molecule has 0 saturated heterocycles. The van der Waals surface area contributed by atoms with Crippen LogP contribution in [0.4, 0.5) is 0 Å². The predicted octanol–water partition coefficient (Wildman–Crippen LogP) is 6.45. The molecular weight excluding hydrogens is 304 g/mol. The van der Waals surface area contributed by atoms with Crippen molar-refractivity contribution >= 4 is 0 Å². The maximum Gasteiger partial charge on any atom is 0.0910 e. The molecule has 1 heteroatoms. The van der Waals surface area contributed by atoms with E-state index in [-0.39, 0.29) is 0 Å². The van der Waals surface area contributed by atoms with Gasteiger partial charge in [0, 0.05) is 0 Å². The van der Waals surface area contributed by atoms with E-state index >= 15 is 0 Å². The maximum absolute atomic E-state index is 5.86. The molecule has 0 radical (unpaired) electrons. The molecule has 0 amide bonds. The maximum atomic E-state index is 5.86. The Balaban J connectivity index is 1.61. The van der Waals surface area contributed by atoms with Gasteiger partial charge in [-0.05, 0) is 85.5 Å². The Labute approximate surface area is 153 Å². The van der Waals surface area contributed by atoms with E-state index in [1.54, 1.807) is 5.57 Å². The summed E-state index contributed by atoms with van der Waals surface area (Å²) in [7, 11) is 0. The summed E-state index contributed by atoms with van der Waals surface area (Å²) in [5.74, 6) is 3.95. The monoisotopic (exact) mass is 338 g/mol. The first-order valence-electron chi connectivity index (χ1n) is 10.2. The number of hydrogen-bond donors (Lipinski definition) is 0. The molecule has 136 valence electrons. The molecule has 6 atom stereocenters. The Morgan fingerprint density at radius 1 is 1.20 bits per heavy atom. The van der Waals surface area contributed by atoms with Crippen molar-refractivity contribution in [1.82, 2.24) is 0 Å². The van der Waals surface area contributed by atoms with Crippen molar-refractivity contribution in [2.75, 3.05) is 6.61 Å². The van der Waals surface area contributed by atoms with Gasteiger partial charge in [0.25, 0.3) is 0 Å². The van der Waals surface area contributed by atoms with Crippen molar-refractivity contribution in [3.8, 4) is 0 Å². The Bertz CT molecular complexity index is 653. The van der Waals surface area contributed by atoms with Crippen LogP contribution in [0.3, 0.4) is 0 Å². The summed E-state index contributed by atoms with van der Waals surface area (Å²) in [5, 5.41) is 0. The molecule has 4 aliphatic carbocycles. The van der Waals surface area contributed by atoms with Crippen molar-refractivity contribution in [2.24, 2.45) is 34.5 Å². The molecule has 0 aliphatic heterocycles. The predicted molar refractivity (Wildman–Crippen MR) is 105 cm³/mol. The van der Waals surface area contributed by atoms with E-state index in [4.69, 9.17) is 4.74 Å². The van der Waals surface area contributed by atoms with Crippen molar-refractivity contribution in [3.63, 3.8) is 0 Å². The summed E-state index contributed by atoms with van der Waals surface area (Å²) >= 11 is 0. The second kappa shape index (κ2) is 5.89. The first kappa shape index (κ1) is 17.2. The lowest BCUT2D eigenvalue weighted by Crippen LogP contribution is -2.48. The Morgan fingerprint density at radius 2 is 2.00 bits per heavy atom. The molecule has 0 aromatic rings. The van der Waals surface area contributed by atoms with Gasteiger partial charge in [-0.25, -0.2) is 0 Å². The van der Waals surface area contributed by atoms with E-state index < -0.39 is 0 Å². The van der Waals surface area contributed by atoms with Crippen LogP contribution in [-0.2, 0) is 4.74 Å². The lowest BCUT2D eigenvalue weighted by Gasteiger charge is -2.56. The van der Waals surface area contributed by atoms with Crippen molar-refractivity contribution in [1.29, 1.82) is 0 Å². The molecule has 2 fully saturated rings. The highest BCUT2D eigenvalue weighted by molar-refractivity contribution is 5.41. The van der Waals surface area contributed by atoms with Crippen LogP contribution in [-0.4, -0.2) is 6.61 Å². The first-order valence-corrected chi connectivity index (χ1v) is 10.2. The molecule has 1 nitrogen and oxygen atoms in total. The van der Waals surface area contributed by atoms with E-state index in [1.807, 2.05) is 6.92 Å². The van der Waals surface area contributed by atoms with Gasteiger partial charge in [-0.1, -0.05) is 50.8 Å². The zero-order chi connectivity index (χ0) is 17.8. The van der Waals surface area contributed by atoms with Crippen molar-refractivity contribution in [3.05, 3.63) is 48.3 Å². The van der Waals surface area contributed by atoms with Crippen LogP contribution < -0.4 is 0 Å². The molecule has 3 unspecified atom stereocenters. The van der Waals surface area contributed by atoms with Crippen molar-refractivity contribution in [2.45, 2.75) is 59.3 Å². The third kappa shape index (κ3) is 2.57. The van der Waals surface area contributed by atoms with Crippen LogP contribution in [0.5, 0.6) is 0 Å². The summed E-state index contributed by atoms with van der Waals surface area (Å²) < 4.78 is 5.86. The van der Waals surface area contributed by atoms with E-state index in [2.05, 4.69) is 45.2 Å². The highest BCUT2D eigenvalue weighted by Crippen LogP contribution is 2.65. The lowest BCUT2D eigenvalue weighted by molar-refractivity contribution is -0.0278. The number of ether oxygens (including phenoxy) is 1. The van der Waals surface area contributed by atoms with Crippen LogP contribution in [0.2, 0.25) is 0 Å². The number of fused-ring (bicyclic) bond motifs is 5. The van der Waals surface area contributed by atoms with Gasteiger partial charge in [-0.15, -0.1) is 0 Å². The standard InChI is InChI=1S/C24H34O/c1-16(2)25-15-19-7-9-21-20-8-6-18-14-17(3)10-12-23(18,4)22(20)11-13-24(19,21)5/h6,8,14,19-22H,1,3,7,9-13,15H2,2,4-5H3/t19-,20?,21?,22?,23+,24-/m1/s1. The molecule has 0 bridgehead atoms. The molecule has 0 heterocycles. The quantitative estimate of drug-likeness (QED) is 0.537.